The van der Waals surface area contributed by atoms with Crippen molar-refractivity contribution in [2.24, 2.45) is 0 Å². The minimum atomic E-state index is -0.192. The van der Waals surface area contributed by atoms with E-state index in [1.165, 1.54) is 7.11 Å². The number of hydrogen-bond donors (Lipinski definition) is 0. The van der Waals surface area contributed by atoms with Crippen molar-refractivity contribution >= 4 is 11.6 Å². The molecular formula is C6H9ClN2O2. The Kier molecular flexibility index (Phi) is 2.70. The Labute approximate surface area is 69.5 Å². The van der Waals surface area contributed by atoms with Crippen LogP contribution in [-0.4, -0.2) is 17.3 Å². The summed E-state index contributed by atoms with van der Waals surface area (Å²) >= 11 is 5.82. The second kappa shape index (κ2) is 3.57. The minimum Gasteiger partial charge on any atom is -0.452 e. The number of methoxy groups -OCH3 is 1. The Morgan fingerprint density at radius 3 is 2.91 bits per heavy atom. The summed E-state index contributed by atoms with van der Waals surface area (Å²) in [7, 11) is 1.46. The molecule has 0 aliphatic rings. The number of rotatable bonds is 3. The van der Waals surface area contributed by atoms with E-state index in [-0.39, 0.29) is 11.5 Å². The van der Waals surface area contributed by atoms with Crippen LogP contribution in [0.2, 0.25) is 0 Å². The van der Waals surface area contributed by atoms with Crippen LogP contribution in [0.5, 0.6) is 6.08 Å². The molecule has 0 bridgehead atoms. The summed E-state index contributed by atoms with van der Waals surface area (Å²) in [5.74, 6) is 0.478. The molecule has 1 heterocycles. The average Bonchev–Trinajstić information content (AvgIpc) is 2.50. The van der Waals surface area contributed by atoms with Gasteiger partial charge in [0, 0.05) is 0 Å². The fourth-order valence-corrected chi connectivity index (χ4v) is 0.702. The molecule has 1 aromatic heterocycles. The summed E-state index contributed by atoms with van der Waals surface area (Å²) < 4.78 is 9.36. The van der Waals surface area contributed by atoms with Crippen LogP contribution in [0.4, 0.5) is 0 Å². The number of alkyl halides is 1. The maximum absolute atomic E-state index is 5.82. The molecule has 5 heteroatoms. The van der Waals surface area contributed by atoms with Gasteiger partial charge in [0.2, 0.25) is 0 Å². The molecule has 62 valence electrons. The van der Waals surface area contributed by atoms with Crippen LogP contribution in [-0.2, 0) is 0 Å². The second-order valence-electron chi connectivity index (χ2n) is 2.00. The van der Waals surface area contributed by atoms with Crippen LogP contribution in [0.1, 0.15) is 24.5 Å². The summed E-state index contributed by atoms with van der Waals surface area (Å²) in [5.41, 5.74) is 0. The molecule has 0 N–H and O–H groups in total. The number of nitrogens with zero attached hydrogens (tertiary/aromatic N) is 2. The number of ether oxygens (including phenoxy) is 1. The molecule has 0 fully saturated rings. The first-order valence-corrected chi connectivity index (χ1v) is 3.73. The first kappa shape index (κ1) is 8.33. The van der Waals surface area contributed by atoms with Crippen molar-refractivity contribution in [2.45, 2.75) is 18.7 Å². The number of aromatic nitrogens is 2. The topological polar surface area (TPSA) is 48.2 Å². The molecule has 0 aliphatic heterocycles. The van der Waals surface area contributed by atoms with Gasteiger partial charge in [-0.3, -0.25) is 4.52 Å². The lowest BCUT2D eigenvalue weighted by Gasteiger charge is -1.95. The summed E-state index contributed by atoms with van der Waals surface area (Å²) in [6.45, 7) is 1.94. The maximum atomic E-state index is 5.82. The van der Waals surface area contributed by atoms with Gasteiger partial charge in [-0.05, 0) is 6.42 Å². The molecule has 0 radical (unpaired) electrons. The SMILES string of the molecule is CCC(Cl)c1noc(OC)n1. The molecule has 4 nitrogen and oxygen atoms in total. The maximum Gasteiger partial charge on any atom is 0.417 e. The molecule has 0 spiro atoms. The van der Waals surface area contributed by atoms with Gasteiger partial charge in [0.05, 0.1) is 12.5 Å². The quantitative estimate of drug-likeness (QED) is 0.659. The van der Waals surface area contributed by atoms with E-state index in [0.717, 1.165) is 6.42 Å². The third kappa shape index (κ3) is 1.83. The van der Waals surface area contributed by atoms with Crippen LogP contribution in [0.3, 0.4) is 0 Å². The van der Waals surface area contributed by atoms with Crippen LogP contribution in [0.15, 0.2) is 4.52 Å². The Balaban J connectivity index is 2.71. The van der Waals surface area contributed by atoms with Gasteiger partial charge in [0.25, 0.3) is 0 Å². The normalized spacial score (nSPS) is 13.0. The van der Waals surface area contributed by atoms with Crippen LogP contribution < -0.4 is 4.74 Å². The molecule has 1 rings (SSSR count). The summed E-state index contributed by atoms with van der Waals surface area (Å²) in [5, 5.41) is 3.42. The summed E-state index contributed by atoms with van der Waals surface area (Å²) in [6, 6.07) is 0. The van der Waals surface area contributed by atoms with Crippen molar-refractivity contribution in [2.75, 3.05) is 7.11 Å². The second-order valence-corrected chi connectivity index (χ2v) is 2.53. The monoisotopic (exact) mass is 176 g/mol. The van der Waals surface area contributed by atoms with Crippen molar-refractivity contribution in [3.63, 3.8) is 0 Å². The van der Waals surface area contributed by atoms with Gasteiger partial charge in [-0.15, -0.1) is 11.6 Å². The van der Waals surface area contributed by atoms with E-state index in [1.807, 2.05) is 6.92 Å². The van der Waals surface area contributed by atoms with Crippen LogP contribution in [0, 0.1) is 0 Å². The Hall–Kier alpha value is -0.770. The molecule has 0 amide bonds. The Bertz CT molecular complexity index is 226. The lowest BCUT2D eigenvalue weighted by atomic mass is 10.3. The lowest BCUT2D eigenvalue weighted by molar-refractivity contribution is 0.249. The molecule has 1 atom stereocenters. The molecule has 1 unspecified atom stereocenters. The third-order valence-electron chi connectivity index (χ3n) is 1.24. The van der Waals surface area contributed by atoms with Crippen molar-refractivity contribution in [3.8, 4) is 6.08 Å². The van der Waals surface area contributed by atoms with Gasteiger partial charge in [0.15, 0.2) is 5.82 Å². The van der Waals surface area contributed by atoms with Gasteiger partial charge in [-0.25, -0.2) is 0 Å². The van der Waals surface area contributed by atoms with Crippen molar-refractivity contribution in [3.05, 3.63) is 5.82 Å². The molecule has 1 aromatic rings. The molecule has 0 aliphatic carbocycles. The first-order valence-electron chi connectivity index (χ1n) is 3.29. The van der Waals surface area contributed by atoms with E-state index < -0.39 is 0 Å². The van der Waals surface area contributed by atoms with Gasteiger partial charge < -0.3 is 4.74 Å². The van der Waals surface area contributed by atoms with Gasteiger partial charge in [0.1, 0.15) is 0 Å². The third-order valence-corrected chi connectivity index (χ3v) is 1.74. The van der Waals surface area contributed by atoms with Crippen molar-refractivity contribution in [1.82, 2.24) is 10.1 Å². The van der Waals surface area contributed by atoms with Crippen molar-refractivity contribution < 1.29 is 9.26 Å². The fraction of sp³-hybridized carbons (Fsp3) is 0.667. The lowest BCUT2D eigenvalue weighted by Crippen LogP contribution is -1.90. The predicted octanol–water partition coefficient (Wildman–Crippen LogP) is 1.77. The standard InChI is InChI=1S/C6H9ClN2O2/c1-3-4(7)5-8-6(10-2)11-9-5/h4H,3H2,1-2H3. The molecular weight excluding hydrogens is 168 g/mol. The van der Waals surface area contributed by atoms with Gasteiger partial charge >= 0.3 is 6.08 Å². The molecule has 0 saturated carbocycles. The molecule has 0 saturated heterocycles. The summed E-state index contributed by atoms with van der Waals surface area (Å²) in [6.07, 6.45) is 0.920. The smallest absolute Gasteiger partial charge is 0.417 e. The van der Waals surface area contributed by atoms with E-state index in [1.54, 1.807) is 0 Å². The van der Waals surface area contributed by atoms with E-state index in [4.69, 9.17) is 16.3 Å². The van der Waals surface area contributed by atoms with E-state index in [2.05, 4.69) is 14.7 Å². The highest BCUT2D eigenvalue weighted by atomic mass is 35.5. The Morgan fingerprint density at radius 2 is 2.45 bits per heavy atom. The van der Waals surface area contributed by atoms with Crippen LogP contribution >= 0.6 is 11.6 Å². The highest BCUT2D eigenvalue weighted by Crippen LogP contribution is 2.21. The largest absolute Gasteiger partial charge is 0.452 e. The fourth-order valence-electron chi connectivity index (χ4n) is 0.613. The Morgan fingerprint density at radius 1 is 1.73 bits per heavy atom. The first-order chi connectivity index (χ1) is 5.27. The zero-order valence-corrected chi connectivity index (χ0v) is 7.13. The molecule has 11 heavy (non-hydrogen) atoms. The zero-order valence-electron chi connectivity index (χ0n) is 6.37. The number of hydrogen-bond acceptors (Lipinski definition) is 4. The van der Waals surface area contributed by atoms with Gasteiger partial charge in [-0.2, -0.15) is 4.98 Å². The summed E-state index contributed by atoms with van der Waals surface area (Å²) in [4.78, 5) is 3.87. The van der Waals surface area contributed by atoms with E-state index in [9.17, 15) is 0 Å². The zero-order chi connectivity index (χ0) is 8.27. The van der Waals surface area contributed by atoms with E-state index >= 15 is 0 Å². The van der Waals surface area contributed by atoms with E-state index in [0.29, 0.717) is 5.82 Å². The minimum absolute atomic E-state index is 0.152. The number of halogens is 1. The predicted molar refractivity (Wildman–Crippen MR) is 39.7 cm³/mol. The average molecular weight is 177 g/mol. The highest BCUT2D eigenvalue weighted by molar-refractivity contribution is 6.20. The highest BCUT2D eigenvalue weighted by Gasteiger charge is 2.13. The van der Waals surface area contributed by atoms with Gasteiger partial charge in [-0.1, -0.05) is 12.1 Å². The van der Waals surface area contributed by atoms with Crippen molar-refractivity contribution in [1.29, 1.82) is 0 Å². The van der Waals surface area contributed by atoms with Crippen LogP contribution in [0.25, 0.3) is 0 Å². The molecule has 0 aromatic carbocycles.